The van der Waals surface area contributed by atoms with Crippen molar-refractivity contribution >= 4 is 40.2 Å². The number of nitrogen functional groups attached to an aromatic ring is 1. The zero-order valence-corrected chi connectivity index (χ0v) is 12.1. The van der Waals surface area contributed by atoms with Gasteiger partial charge in [-0.15, -0.1) is 0 Å². The number of imidazole rings is 1. The van der Waals surface area contributed by atoms with Crippen molar-refractivity contribution in [3.05, 3.63) is 22.2 Å². The summed E-state index contributed by atoms with van der Waals surface area (Å²) in [5.41, 5.74) is 7.46. The second-order valence-electron chi connectivity index (χ2n) is 5.21. The predicted octanol–water partition coefficient (Wildman–Crippen LogP) is 3.49. The number of rotatable bonds is 2. The van der Waals surface area contributed by atoms with Gasteiger partial charge in [-0.1, -0.05) is 23.2 Å². The fourth-order valence-electron chi connectivity index (χ4n) is 2.60. The van der Waals surface area contributed by atoms with E-state index in [4.69, 9.17) is 33.7 Å². The fourth-order valence-corrected chi connectivity index (χ4v) is 2.92. The minimum atomic E-state index is -0.187. The number of aromatic nitrogens is 2. The Morgan fingerprint density at radius 1 is 1.42 bits per heavy atom. The minimum absolute atomic E-state index is 0.187. The van der Waals surface area contributed by atoms with Gasteiger partial charge in [-0.25, -0.2) is 4.98 Å². The van der Waals surface area contributed by atoms with Gasteiger partial charge < -0.3 is 15.0 Å². The highest BCUT2D eigenvalue weighted by atomic mass is 35.5. The first-order valence-electron chi connectivity index (χ1n) is 6.23. The summed E-state index contributed by atoms with van der Waals surface area (Å²) in [4.78, 5) is 4.33. The van der Waals surface area contributed by atoms with E-state index in [1.54, 1.807) is 12.1 Å². The number of hydrogen-bond donors (Lipinski definition) is 1. The smallest absolute Gasteiger partial charge is 0.201 e. The quantitative estimate of drug-likeness (QED) is 0.923. The van der Waals surface area contributed by atoms with Crippen LogP contribution in [0.3, 0.4) is 0 Å². The zero-order valence-electron chi connectivity index (χ0n) is 10.6. The monoisotopic (exact) mass is 299 g/mol. The molecular weight excluding hydrogens is 285 g/mol. The van der Waals surface area contributed by atoms with Gasteiger partial charge >= 0.3 is 0 Å². The summed E-state index contributed by atoms with van der Waals surface area (Å²) in [6, 6.07) is 3.55. The van der Waals surface area contributed by atoms with Crippen molar-refractivity contribution in [2.75, 3.05) is 12.3 Å². The van der Waals surface area contributed by atoms with Crippen molar-refractivity contribution in [1.82, 2.24) is 9.55 Å². The van der Waals surface area contributed by atoms with Gasteiger partial charge in [0.1, 0.15) is 0 Å². The van der Waals surface area contributed by atoms with E-state index in [0.717, 1.165) is 30.5 Å². The van der Waals surface area contributed by atoms with E-state index >= 15 is 0 Å². The molecule has 0 bridgehead atoms. The van der Waals surface area contributed by atoms with Crippen LogP contribution in [-0.4, -0.2) is 21.8 Å². The van der Waals surface area contributed by atoms with Crippen molar-refractivity contribution < 1.29 is 4.74 Å². The Kier molecular flexibility index (Phi) is 3.12. The molecule has 19 heavy (non-hydrogen) atoms. The van der Waals surface area contributed by atoms with Gasteiger partial charge in [0.2, 0.25) is 5.95 Å². The van der Waals surface area contributed by atoms with Gasteiger partial charge in [-0.3, -0.25) is 0 Å². The first kappa shape index (κ1) is 13.0. The van der Waals surface area contributed by atoms with Crippen molar-refractivity contribution in [2.45, 2.75) is 31.9 Å². The van der Waals surface area contributed by atoms with Crippen LogP contribution < -0.4 is 5.73 Å². The van der Waals surface area contributed by atoms with E-state index in [-0.39, 0.29) is 5.60 Å². The van der Waals surface area contributed by atoms with E-state index in [1.807, 2.05) is 4.57 Å². The molecule has 1 saturated heterocycles. The topological polar surface area (TPSA) is 53.1 Å². The molecule has 1 atom stereocenters. The van der Waals surface area contributed by atoms with Crippen molar-refractivity contribution in [2.24, 2.45) is 0 Å². The molecule has 2 N–H and O–H groups in total. The summed E-state index contributed by atoms with van der Waals surface area (Å²) >= 11 is 12.1. The Labute approximate surface area is 121 Å². The molecule has 0 saturated carbocycles. The lowest BCUT2D eigenvalue weighted by Crippen LogP contribution is -2.30. The highest BCUT2D eigenvalue weighted by Gasteiger charge is 2.31. The number of ether oxygens (including phenoxy) is 1. The fraction of sp³-hybridized carbons (Fsp3) is 0.462. The Morgan fingerprint density at radius 2 is 2.16 bits per heavy atom. The molecule has 1 aromatic heterocycles. The number of hydrogen-bond acceptors (Lipinski definition) is 3. The van der Waals surface area contributed by atoms with Crippen LogP contribution in [0.15, 0.2) is 12.1 Å². The first-order valence-corrected chi connectivity index (χ1v) is 6.99. The number of benzene rings is 1. The van der Waals surface area contributed by atoms with Crippen LogP contribution in [0.5, 0.6) is 0 Å². The second-order valence-corrected chi connectivity index (χ2v) is 6.03. The number of anilines is 1. The lowest BCUT2D eigenvalue weighted by Gasteiger charge is -2.24. The van der Waals surface area contributed by atoms with Crippen LogP contribution in [0, 0.1) is 0 Å². The average Bonchev–Trinajstić information content (AvgIpc) is 2.88. The summed E-state index contributed by atoms with van der Waals surface area (Å²) in [7, 11) is 0. The SMILES string of the molecule is CC1(Cn2c(N)nc3cc(Cl)c(Cl)cc32)CCCO1. The Morgan fingerprint density at radius 3 is 2.84 bits per heavy atom. The zero-order chi connectivity index (χ0) is 13.6. The largest absolute Gasteiger partial charge is 0.373 e. The van der Waals surface area contributed by atoms with Crippen LogP contribution in [0.2, 0.25) is 10.0 Å². The number of halogens is 2. The Balaban J connectivity index is 2.07. The minimum Gasteiger partial charge on any atom is -0.373 e. The second kappa shape index (κ2) is 4.54. The number of nitrogens with zero attached hydrogens (tertiary/aromatic N) is 2. The molecule has 1 aliphatic heterocycles. The Hall–Kier alpha value is -0.970. The van der Waals surface area contributed by atoms with E-state index < -0.39 is 0 Å². The predicted molar refractivity (Wildman–Crippen MR) is 77.8 cm³/mol. The third-order valence-electron chi connectivity index (χ3n) is 3.61. The maximum atomic E-state index is 6.08. The van der Waals surface area contributed by atoms with Crippen LogP contribution in [0.4, 0.5) is 5.95 Å². The number of fused-ring (bicyclic) bond motifs is 1. The van der Waals surface area contributed by atoms with E-state index in [9.17, 15) is 0 Å². The van der Waals surface area contributed by atoms with Crippen LogP contribution >= 0.6 is 23.2 Å². The lowest BCUT2D eigenvalue weighted by molar-refractivity contribution is 0.00750. The van der Waals surface area contributed by atoms with Gasteiger partial charge in [0.05, 0.1) is 33.2 Å². The summed E-state index contributed by atoms with van der Waals surface area (Å²) in [5, 5.41) is 0.995. The lowest BCUT2D eigenvalue weighted by atomic mass is 10.0. The third kappa shape index (κ3) is 2.29. The molecule has 0 spiro atoms. The highest BCUT2D eigenvalue weighted by Crippen LogP contribution is 2.32. The third-order valence-corrected chi connectivity index (χ3v) is 4.34. The van der Waals surface area contributed by atoms with Gasteiger partial charge in [-0.05, 0) is 31.9 Å². The van der Waals surface area contributed by atoms with Crippen LogP contribution in [0.1, 0.15) is 19.8 Å². The van der Waals surface area contributed by atoms with Crippen LogP contribution in [-0.2, 0) is 11.3 Å². The van der Waals surface area contributed by atoms with Crippen molar-refractivity contribution in [3.63, 3.8) is 0 Å². The van der Waals surface area contributed by atoms with Crippen molar-refractivity contribution in [3.8, 4) is 0 Å². The molecular formula is C13H15Cl2N3O. The molecule has 2 aromatic rings. The molecule has 102 valence electrons. The summed E-state index contributed by atoms with van der Waals surface area (Å²) < 4.78 is 7.76. The molecule has 2 heterocycles. The molecule has 1 aromatic carbocycles. The molecule has 0 amide bonds. The summed E-state index contributed by atoms with van der Waals surface area (Å²) in [5.74, 6) is 0.463. The average molecular weight is 300 g/mol. The van der Waals surface area contributed by atoms with E-state index in [2.05, 4.69) is 11.9 Å². The van der Waals surface area contributed by atoms with E-state index in [0.29, 0.717) is 22.5 Å². The van der Waals surface area contributed by atoms with E-state index in [1.165, 1.54) is 0 Å². The van der Waals surface area contributed by atoms with Gasteiger partial charge in [0.25, 0.3) is 0 Å². The maximum Gasteiger partial charge on any atom is 0.201 e. The van der Waals surface area contributed by atoms with Gasteiger partial charge in [-0.2, -0.15) is 0 Å². The standard InChI is InChI=1S/C13H15Cl2N3O/c1-13(3-2-4-19-13)7-18-11-6-9(15)8(14)5-10(11)17-12(18)16/h5-6H,2-4,7H2,1H3,(H2,16,17). The number of nitrogens with two attached hydrogens (primary N) is 1. The van der Waals surface area contributed by atoms with Crippen molar-refractivity contribution in [1.29, 1.82) is 0 Å². The van der Waals surface area contributed by atoms with Crippen LogP contribution in [0.25, 0.3) is 11.0 Å². The summed E-state index contributed by atoms with van der Waals surface area (Å²) in [6.07, 6.45) is 2.10. The molecule has 4 nitrogen and oxygen atoms in total. The molecule has 0 radical (unpaired) electrons. The molecule has 1 unspecified atom stereocenters. The first-order chi connectivity index (χ1) is 8.98. The molecule has 1 aliphatic rings. The highest BCUT2D eigenvalue weighted by molar-refractivity contribution is 6.42. The van der Waals surface area contributed by atoms with Gasteiger partial charge in [0, 0.05) is 6.61 Å². The van der Waals surface area contributed by atoms with Gasteiger partial charge in [0.15, 0.2) is 0 Å². The summed E-state index contributed by atoms with van der Waals surface area (Å²) in [6.45, 7) is 3.58. The Bertz CT molecular complexity index is 632. The molecule has 6 heteroatoms. The molecule has 3 rings (SSSR count). The molecule has 1 fully saturated rings. The normalized spacial score (nSPS) is 23.3. The maximum absolute atomic E-state index is 6.08. The molecule has 0 aliphatic carbocycles.